The number of benzene rings is 1. The standard InChI is InChI=1S/C15H21NO2/c1-11-9-16(10-13-7-5-4-6-8-13)12(2)14(11)15(17)18-3/h4-8,11-12,14H,9-10H2,1-3H3/t11-,12?,14?/m0/s1. The molecule has 3 nitrogen and oxygen atoms in total. The van der Waals surface area contributed by atoms with Crippen LogP contribution < -0.4 is 0 Å². The maximum Gasteiger partial charge on any atom is 0.310 e. The largest absolute Gasteiger partial charge is 0.469 e. The molecule has 18 heavy (non-hydrogen) atoms. The molecule has 1 heterocycles. The van der Waals surface area contributed by atoms with Crippen molar-refractivity contribution in [2.45, 2.75) is 26.4 Å². The fourth-order valence-corrected chi connectivity index (χ4v) is 2.94. The zero-order valence-electron chi connectivity index (χ0n) is 11.3. The Morgan fingerprint density at radius 3 is 2.61 bits per heavy atom. The summed E-state index contributed by atoms with van der Waals surface area (Å²) in [7, 11) is 1.47. The fraction of sp³-hybridized carbons (Fsp3) is 0.533. The monoisotopic (exact) mass is 247 g/mol. The minimum absolute atomic E-state index is 0.00119. The molecular weight excluding hydrogens is 226 g/mol. The molecule has 3 heteroatoms. The van der Waals surface area contributed by atoms with Crippen molar-refractivity contribution in [1.29, 1.82) is 0 Å². The summed E-state index contributed by atoms with van der Waals surface area (Å²) in [6.45, 7) is 6.10. The van der Waals surface area contributed by atoms with Gasteiger partial charge in [-0.3, -0.25) is 9.69 Å². The first-order valence-electron chi connectivity index (χ1n) is 6.49. The zero-order valence-corrected chi connectivity index (χ0v) is 11.3. The molecule has 1 aliphatic heterocycles. The number of rotatable bonds is 3. The maximum absolute atomic E-state index is 11.8. The average molecular weight is 247 g/mol. The van der Waals surface area contributed by atoms with Crippen LogP contribution in [0.15, 0.2) is 30.3 Å². The molecule has 1 aromatic carbocycles. The summed E-state index contributed by atoms with van der Waals surface area (Å²) < 4.78 is 4.91. The summed E-state index contributed by atoms with van der Waals surface area (Å²) in [6, 6.07) is 10.6. The summed E-state index contributed by atoms with van der Waals surface area (Å²) in [5.41, 5.74) is 1.29. The Morgan fingerprint density at radius 1 is 1.33 bits per heavy atom. The van der Waals surface area contributed by atoms with Crippen LogP contribution in [0.5, 0.6) is 0 Å². The van der Waals surface area contributed by atoms with E-state index in [1.54, 1.807) is 0 Å². The van der Waals surface area contributed by atoms with Gasteiger partial charge in [0.05, 0.1) is 13.0 Å². The quantitative estimate of drug-likeness (QED) is 0.768. The molecule has 1 fully saturated rings. The first-order chi connectivity index (χ1) is 8.63. The molecule has 0 saturated carbocycles. The van der Waals surface area contributed by atoms with Gasteiger partial charge in [0.2, 0.25) is 0 Å². The first-order valence-corrected chi connectivity index (χ1v) is 6.49. The molecule has 0 aromatic heterocycles. The van der Waals surface area contributed by atoms with Crippen molar-refractivity contribution in [3.8, 4) is 0 Å². The van der Waals surface area contributed by atoms with Crippen molar-refractivity contribution >= 4 is 5.97 Å². The molecule has 98 valence electrons. The lowest BCUT2D eigenvalue weighted by Gasteiger charge is -2.23. The molecular formula is C15H21NO2. The highest BCUT2D eigenvalue weighted by atomic mass is 16.5. The molecule has 0 amide bonds. The number of hydrogen-bond donors (Lipinski definition) is 0. The maximum atomic E-state index is 11.8. The van der Waals surface area contributed by atoms with Gasteiger partial charge < -0.3 is 4.74 Å². The second-order valence-corrected chi connectivity index (χ2v) is 5.18. The van der Waals surface area contributed by atoms with Crippen molar-refractivity contribution < 1.29 is 9.53 Å². The van der Waals surface area contributed by atoms with Crippen molar-refractivity contribution in [1.82, 2.24) is 4.90 Å². The zero-order chi connectivity index (χ0) is 13.1. The number of carbonyl (C=O) groups excluding carboxylic acids is 1. The van der Waals surface area contributed by atoms with E-state index in [-0.39, 0.29) is 17.9 Å². The van der Waals surface area contributed by atoms with Gasteiger partial charge in [0.25, 0.3) is 0 Å². The van der Waals surface area contributed by atoms with Crippen molar-refractivity contribution in [2.75, 3.05) is 13.7 Å². The summed E-state index contributed by atoms with van der Waals surface area (Å²) in [5.74, 6) is 0.278. The number of nitrogens with zero attached hydrogens (tertiary/aromatic N) is 1. The van der Waals surface area contributed by atoms with Crippen LogP contribution in [0.3, 0.4) is 0 Å². The smallest absolute Gasteiger partial charge is 0.310 e. The van der Waals surface area contributed by atoms with E-state index < -0.39 is 0 Å². The van der Waals surface area contributed by atoms with Gasteiger partial charge in [-0.1, -0.05) is 37.3 Å². The Balaban J connectivity index is 2.06. The number of esters is 1. The Morgan fingerprint density at radius 2 is 2.00 bits per heavy atom. The first kappa shape index (κ1) is 13.1. The van der Waals surface area contributed by atoms with E-state index in [0.717, 1.165) is 13.1 Å². The Labute approximate surface area is 109 Å². The van der Waals surface area contributed by atoms with Crippen LogP contribution >= 0.6 is 0 Å². The topological polar surface area (TPSA) is 29.5 Å². The van der Waals surface area contributed by atoms with Gasteiger partial charge in [-0.25, -0.2) is 0 Å². The lowest BCUT2D eigenvalue weighted by atomic mass is 9.93. The highest BCUT2D eigenvalue weighted by Crippen LogP contribution is 2.31. The predicted octanol–water partition coefficient (Wildman–Crippen LogP) is 2.32. The second-order valence-electron chi connectivity index (χ2n) is 5.18. The van der Waals surface area contributed by atoms with Crippen LogP contribution in [0.2, 0.25) is 0 Å². The summed E-state index contributed by atoms with van der Waals surface area (Å²) in [5, 5.41) is 0. The number of methoxy groups -OCH3 is 1. The van der Waals surface area contributed by atoms with Gasteiger partial charge in [-0.2, -0.15) is 0 Å². The number of carbonyl (C=O) groups is 1. The average Bonchev–Trinajstić information content (AvgIpc) is 2.65. The van der Waals surface area contributed by atoms with Crippen LogP contribution in [0.25, 0.3) is 0 Å². The Hall–Kier alpha value is -1.35. The highest BCUT2D eigenvalue weighted by molar-refractivity contribution is 5.73. The molecule has 3 atom stereocenters. The van der Waals surface area contributed by atoms with Crippen molar-refractivity contribution in [2.24, 2.45) is 11.8 Å². The Bertz CT molecular complexity index is 404. The van der Waals surface area contributed by atoms with Gasteiger partial charge in [-0.15, -0.1) is 0 Å². The van der Waals surface area contributed by atoms with E-state index in [4.69, 9.17) is 4.74 Å². The molecule has 1 saturated heterocycles. The van der Waals surface area contributed by atoms with Crippen LogP contribution in [-0.4, -0.2) is 30.6 Å². The van der Waals surface area contributed by atoms with Gasteiger partial charge in [0, 0.05) is 19.1 Å². The normalized spacial score (nSPS) is 28.3. The SMILES string of the molecule is COC(=O)C1C(C)N(Cc2ccccc2)C[C@@H]1C. The van der Waals surface area contributed by atoms with E-state index in [0.29, 0.717) is 5.92 Å². The molecule has 0 bridgehead atoms. The number of hydrogen-bond acceptors (Lipinski definition) is 3. The molecule has 1 aliphatic rings. The van der Waals surface area contributed by atoms with Crippen LogP contribution in [0.1, 0.15) is 19.4 Å². The third kappa shape index (κ3) is 2.56. The summed E-state index contributed by atoms with van der Waals surface area (Å²) >= 11 is 0. The number of likely N-dealkylation sites (tertiary alicyclic amines) is 1. The second kappa shape index (κ2) is 5.53. The van der Waals surface area contributed by atoms with Gasteiger partial charge in [0.15, 0.2) is 0 Å². The third-order valence-electron chi connectivity index (χ3n) is 3.93. The van der Waals surface area contributed by atoms with E-state index in [9.17, 15) is 4.79 Å². The number of ether oxygens (including phenoxy) is 1. The molecule has 0 radical (unpaired) electrons. The third-order valence-corrected chi connectivity index (χ3v) is 3.93. The summed E-state index contributed by atoms with van der Waals surface area (Å²) in [4.78, 5) is 14.1. The van der Waals surface area contributed by atoms with Crippen molar-refractivity contribution in [3.63, 3.8) is 0 Å². The van der Waals surface area contributed by atoms with Crippen LogP contribution in [0.4, 0.5) is 0 Å². The van der Waals surface area contributed by atoms with E-state index in [1.807, 2.05) is 6.07 Å². The highest BCUT2D eigenvalue weighted by Gasteiger charge is 2.41. The van der Waals surface area contributed by atoms with Crippen LogP contribution in [-0.2, 0) is 16.1 Å². The fourth-order valence-electron chi connectivity index (χ4n) is 2.94. The van der Waals surface area contributed by atoms with Gasteiger partial charge in [0.1, 0.15) is 0 Å². The molecule has 1 aromatic rings. The van der Waals surface area contributed by atoms with E-state index in [1.165, 1.54) is 12.7 Å². The lowest BCUT2D eigenvalue weighted by molar-refractivity contribution is -0.147. The van der Waals surface area contributed by atoms with E-state index >= 15 is 0 Å². The predicted molar refractivity (Wildman–Crippen MR) is 71.0 cm³/mol. The van der Waals surface area contributed by atoms with Crippen LogP contribution in [0, 0.1) is 11.8 Å². The summed E-state index contributed by atoms with van der Waals surface area (Å²) in [6.07, 6.45) is 0. The van der Waals surface area contributed by atoms with Gasteiger partial charge >= 0.3 is 5.97 Å². The van der Waals surface area contributed by atoms with E-state index in [2.05, 4.69) is 43.0 Å². The minimum atomic E-state index is -0.0782. The van der Waals surface area contributed by atoms with Gasteiger partial charge in [-0.05, 0) is 18.4 Å². The van der Waals surface area contributed by atoms with Crippen molar-refractivity contribution in [3.05, 3.63) is 35.9 Å². The molecule has 2 unspecified atom stereocenters. The molecule has 0 aliphatic carbocycles. The molecule has 2 rings (SSSR count). The lowest BCUT2D eigenvalue weighted by Crippen LogP contribution is -2.33. The Kier molecular flexibility index (Phi) is 4.02. The molecule has 0 spiro atoms. The minimum Gasteiger partial charge on any atom is -0.469 e. The molecule has 0 N–H and O–H groups in total.